The van der Waals surface area contributed by atoms with Crippen molar-refractivity contribution >= 4 is 5.95 Å². The lowest BCUT2D eigenvalue weighted by Crippen LogP contribution is -2.48. The molecule has 0 radical (unpaired) electrons. The number of nitrogens with zero attached hydrogens (tertiary/aromatic N) is 3. The van der Waals surface area contributed by atoms with Crippen LogP contribution in [-0.4, -0.2) is 61.2 Å². The number of ether oxygens (including phenoxy) is 1. The summed E-state index contributed by atoms with van der Waals surface area (Å²) in [5, 5.41) is 0. The summed E-state index contributed by atoms with van der Waals surface area (Å²) in [4.78, 5) is 24.0. The third-order valence-corrected chi connectivity index (χ3v) is 4.23. The van der Waals surface area contributed by atoms with Crippen LogP contribution in [0.5, 0.6) is 5.75 Å². The summed E-state index contributed by atoms with van der Waals surface area (Å²) in [5.74, 6) is 1.40. The average molecular weight is 329 g/mol. The smallest absolute Gasteiger partial charge is 0.252 e. The first-order valence-electron chi connectivity index (χ1n) is 8.13. The van der Waals surface area contributed by atoms with Gasteiger partial charge in [0.05, 0.1) is 12.8 Å². The molecule has 0 amide bonds. The van der Waals surface area contributed by atoms with E-state index in [1.54, 1.807) is 7.11 Å². The molecule has 1 fully saturated rings. The molecule has 24 heavy (non-hydrogen) atoms. The number of rotatable bonds is 5. The molecule has 0 aliphatic carbocycles. The van der Waals surface area contributed by atoms with Crippen LogP contribution in [0, 0.1) is 0 Å². The highest BCUT2D eigenvalue weighted by atomic mass is 16.5. The number of hydrogen-bond acceptors (Lipinski definition) is 6. The van der Waals surface area contributed by atoms with Gasteiger partial charge in [-0.15, -0.1) is 0 Å². The second-order valence-electron chi connectivity index (χ2n) is 5.80. The van der Waals surface area contributed by atoms with Crippen LogP contribution in [0.4, 0.5) is 5.95 Å². The largest absolute Gasteiger partial charge is 0.497 e. The zero-order valence-electron chi connectivity index (χ0n) is 13.9. The van der Waals surface area contributed by atoms with Crippen molar-refractivity contribution in [2.75, 3.05) is 51.3 Å². The summed E-state index contributed by atoms with van der Waals surface area (Å²) < 4.78 is 5.17. The van der Waals surface area contributed by atoms with Gasteiger partial charge in [-0.3, -0.25) is 14.7 Å². The lowest BCUT2D eigenvalue weighted by molar-refractivity contribution is 0.263. The third kappa shape index (κ3) is 3.74. The maximum atomic E-state index is 12.0. The van der Waals surface area contributed by atoms with Crippen LogP contribution in [-0.2, 0) is 0 Å². The van der Waals surface area contributed by atoms with Gasteiger partial charge in [0.15, 0.2) is 0 Å². The third-order valence-electron chi connectivity index (χ3n) is 4.23. The van der Waals surface area contributed by atoms with Crippen LogP contribution in [0.15, 0.2) is 35.1 Å². The molecule has 2 heterocycles. The molecule has 3 N–H and O–H groups in total. The second kappa shape index (κ2) is 7.46. The monoisotopic (exact) mass is 329 g/mol. The topological polar surface area (TPSA) is 87.5 Å². The van der Waals surface area contributed by atoms with Gasteiger partial charge in [-0.25, -0.2) is 4.98 Å². The molecular weight excluding hydrogens is 306 g/mol. The molecule has 128 valence electrons. The maximum absolute atomic E-state index is 12.0. The molecule has 1 aliphatic rings. The molecular formula is C17H23N5O2. The molecule has 1 saturated heterocycles. The Labute approximate surface area is 141 Å². The minimum absolute atomic E-state index is 0.143. The second-order valence-corrected chi connectivity index (χ2v) is 5.80. The predicted molar refractivity (Wildman–Crippen MR) is 94.6 cm³/mol. The standard InChI is InChI=1S/C17H23N5O2/c1-24-14-4-2-13(3-5-14)15-12-16(23)20-17(19-15)22-10-8-21(7-6-18)9-11-22/h2-5,12H,6-11,18H2,1H3,(H,19,20,23). The van der Waals surface area contributed by atoms with Gasteiger partial charge in [0.25, 0.3) is 5.56 Å². The van der Waals surface area contributed by atoms with Crippen LogP contribution >= 0.6 is 0 Å². The van der Waals surface area contributed by atoms with E-state index in [1.165, 1.54) is 6.07 Å². The van der Waals surface area contributed by atoms with Gasteiger partial charge in [-0.05, 0) is 24.3 Å². The Morgan fingerprint density at radius 3 is 2.54 bits per heavy atom. The highest BCUT2D eigenvalue weighted by Gasteiger charge is 2.18. The van der Waals surface area contributed by atoms with Crippen molar-refractivity contribution in [1.29, 1.82) is 0 Å². The van der Waals surface area contributed by atoms with Crippen molar-refractivity contribution in [1.82, 2.24) is 14.9 Å². The van der Waals surface area contributed by atoms with Gasteiger partial charge in [-0.2, -0.15) is 0 Å². The highest BCUT2D eigenvalue weighted by molar-refractivity contribution is 5.61. The Bertz CT molecular complexity index is 721. The number of benzene rings is 1. The van der Waals surface area contributed by atoms with Crippen molar-refractivity contribution < 1.29 is 4.74 Å². The number of aromatic amines is 1. The summed E-state index contributed by atoms with van der Waals surface area (Å²) in [7, 11) is 1.63. The quantitative estimate of drug-likeness (QED) is 0.832. The number of H-pyrrole nitrogens is 1. The van der Waals surface area contributed by atoms with Crippen LogP contribution in [0.3, 0.4) is 0 Å². The Morgan fingerprint density at radius 2 is 1.92 bits per heavy atom. The predicted octanol–water partition coefficient (Wildman–Crippen LogP) is 0.526. The van der Waals surface area contributed by atoms with E-state index >= 15 is 0 Å². The molecule has 7 nitrogen and oxygen atoms in total. The first-order valence-corrected chi connectivity index (χ1v) is 8.13. The highest BCUT2D eigenvalue weighted by Crippen LogP contribution is 2.21. The van der Waals surface area contributed by atoms with Gasteiger partial charge < -0.3 is 15.4 Å². The molecule has 0 spiro atoms. The minimum Gasteiger partial charge on any atom is -0.497 e. The maximum Gasteiger partial charge on any atom is 0.252 e. The van der Waals surface area contributed by atoms with E-state index < -0.39 is 0 Å². The summed E-state index contributed by atoms with van der Waals surface area (Å²) in [6.45, 7) is 5.08. The molecule has 0 saturated carbocycles. The molecule has 0 bridgehead atoms. The van der Waals surface area contributed by atoms with Crippen LogP contribution in [0.2, 0.25) is 0 Å². The average Bonchev–Trinajstić information content (AvgIpc) is 2.62. The van der Waals surface area contributed by atoms with Crippen molar-refractivity contribution in [3.05, 3.63) is 40.7 Å². The number of methoxy groups -OCH3 is 1. The molecule has 3 rings (SSSR count). The van der Waals surface area contributed by atoms with Crippen molar-refractivity contribution in [3.63, 3.8) is 0 Å². The molecule has 0 unspecified atom stereocenters. The fourth-order valence-electron chi connectivity index (χ4n) is 2.87. The normalized spacial score (nSPS) is 15.5. The minimum atomic E-state index is -0.143. The summed E-state index contributed by atoms with van der Waals surface area (Å²) in [6, 6.07) is 9.07. The number of piperazine rings is 1. The van der Waals surface area contributed by atoms with E-state index in [9.17, 15) is 4.79 Å². The molecule has 7 heteroatoms. The van der Waals surface area contributed by atoms with Gasteiger partial charge in [0, 0.05) is 50.9 Å². The van der Waals surface area contributed by atoms with Gasteiger partial charge >= 0.3 is 0 Å². The molecule has 1 aromatic heterocycles. The number of nitrogens with two attached hydrogens (primary N) is 1. The van der Waals surface area contributed by atoms with Gasteiger partial charge in [0.1, 0.15) is 5.75 Å². The SMILES string of the molecule is COc1ccc(-c2cc(=O)[nH]c(N3CCN(CCN)CC3)n2)cc1. The van der Waals surface area contributed by atoms with Crippen molar-refractivity contribution in [2.45, 2.75) is 0 Å². The fraction of sp³-hybridized carbons (Fsp3) is 0.412. The van der Waals surface area contributed by atoms with E-state index in [-0.39, 0.29) is 5.56 Å². The van der Waals surface area contributed by atoms with Crippen LogP contribution < -0.4 is 20.9 Å². The summed E-state index contributed by atoms with van der Waals surface area (Å²) in [6.07, 6.45) is 0. The molecule has 1 aliphatic heterocycles. The Kier molecular flexibility index (Phi) is 5.12. The molecule has 1 aromatic carbocycles. The summed E-state index contributed by atoms with van der Waals surface area (Å²) in [5.41, 5.74) is 7.02. The first-order chi connectivity index (χ1) is 11.7. The Balaban J connectivity index is 1.80. The number of hydrogen-bond donors (Lipinski definition) is 2. The lowest BCUT2D eigenvalue weighted by atomic mass is 10.1. The van der Waals surface area contributed by atoms with E-state index in [1.807, 2.05) is 24.3 Å². The zero-order valence-corrected chi connectivity index (χ0v) is 13.9. The molecule has 2 aromatic rings. The van der Waals surface area contributed by atoms with E-state index in [0.29, 0.717) is 18.2 Å². The van der Waals surface area contributed by atoms with Crippen molar-refractivity contribution in [3.8, 4) is 17.0 Å². The van der Waals surface area contributed by atoms with E-state index in [2.05, 4.69) is 19.8 Å². The van der Waals surface area contributed by atoms with Crippen LogP contribution in [0.25, 0.3) is 11.3 Å². The summed E-state index contributed by atoms with van der Waals surface area (Å²) >= 11 is 0. The molecule has 0 atom stereocenters. The lowest BCUT2D eigenvalue weighted by Gasteiger charge is -2.34. The van der Waals surface area contributed by atoms with Gasteiger partial charge in [-0.1, -0.05) is 0 Å². The van der Waals surface area contributed by atoms with Gasteiger partial charge in [0.2, 0.25) is 5.95 Å². The Hall–Kier alpha value is -2.38. The van der Waals surface area contributed by atoms with Crippen LogP contribution in [0.1, 0.15) is 0 Å². The number of aromatic nitrogens is 2. The van der Waals surface area contributed by atoms with E-state index in [4.69, 9.17) is 10.5 Å². The number of anilines is 1. The first kappa shape index (κ1) is 16.5. The fourth-order valence-corrected chi connectivity index (χ4v) is 2.87. The van der Waals surface area contributed by atoms with E-state index in [0.717, 1.165) is 44.0 Å². The number of nitrogens with one attached hydrogen (secondary N) is 1. The zero-order chi connectivity index (χ0) is 16.9. The van der Waals surface area contributed by atoms with Crippen molar-refractivity contribution in [2.24, 2.45) is 5.73 Å². The Morgan fingerprint density at radius 1 is 1.21 bits per heavy atom.